The monoisotopic (exact) mass is 406 g/mol. The summed E-state index contributed by atoms with van der Waals surface area (Å²) in [7, 11) is 0. The topological polar surface area (TPSA) is 75.7 Å². The minimum Gasteiger partial charge on any atom is -0.406 e. The van der Waals surface area contributed by atoms with Crippen LogP contribution in [0.15, 0.2) is 42.5 Å². The van der Waals surface area contributed by atoms with Crippen LogP contribution in [0.25, 0.3) is 0 Å². The lowest BCUT2D eigenvalue weighted by Crippen LogP contribution is -2.31. The Morgan fingerprint density at radius 2 is 1.69 bits per heavy atom. The van der Waals surface area contributed by atoms with Gasteiger partial charge in [0.15, 0.2) is 0 Å². The highest BCUT2D eigenvalue weighted by molar-refractivity contribution is 6.21. The molecule has 1 aliphatic rings. The van der Waals surface area contributed by atoms with Crippen molar-refractivity contribution in [1.29, 1.82) is 0 Å². The zero-order valence-corrected chi connectivity index (χ0v) is 15.4. The molecule has 0 aromatic heterocycles. The highest BCUT2D eigenvalue weighted by Gasteiger charge is 2.35. The Balaban J connectivity index is 1.49. The Morgan fingerprint density at radius 3 is 2.34 bits per heavy atom. The number of benzene rings is 2. The van der Waals surface area contributed by atoms with Gasteiger partial charge in [-0.1, -0.05) is 11.6 Å². The molecule has 0 atom stereocenters. The minimum atomic E-state index is -4.78. The van der Waals surface area contributed by atoms with E-state index in [0.717, 1.165) is 22.6 Å². The van der Waals surface area contributed by atoms with Gasteiger partial charge in [0.05, 0.1) is 11.1 Å². The van der Waals surface area contributed by atoms with E-state index in [4.69, 9.17) is 0 Å². The van der Waals surface area contributed by atoms with E-state index in [1.54, 1.807) is 18.2 Å². The van der Waals surface area contributed by atoms with Crippen LogP contribution in [0.2, 0.25) is 0 Å². The smallest absolute Gasteiger partial charge is 0.406 e. The molecule has 0 saturated heterocycles. The summed E-state index contributed by atoms with van der Waals surface area (Å²) in [5.41, 5.74) is 1.89. The van der Waals surface area contributed by atoms with Crippen molar-refractivity contribution in [1.82, 2.24) is 4.90 Å². The number of ether oxygens (including phenoxy) is 1. The van der Waals surface area contributed by atoms with Gasteiger partial charge >= 0.3 is 6.36 Å². The van der Waals surface area contributed by atoms with Crippen LogP contribution in [-0.2, 0) is 4.79 Å². The number of halogens is 3. The molecule has 0 saturated carbocycles. The van der Waals surface area contributed by atoms with Crippen LogP contribution in [0.3, 0.4) is 0 Å². The van der Waals surface area contributed by atoms with Gasteiger partial charge in [0, 0.05) is 18.7 Å². The molecular formula is C20H17F3N2O4. The predicted molar refractivity (Wildman–Crippen MR) is 97.5 cm³/mol. The molecule has 6 nitrogen and oxygen atoms in total. The number of anilines is 1. The van der Waals surface area contributed by atoms with E-state index in [1.165, 1.54) is 12.1 Å². The van der Waals surface area contributed by atoms with Gasteiger partial charge < -0.3 is 10.1 Å². The number of nitrogens with zero attached hydrogens (tertiary/aromatic N) is 1. The summed E-state index contributed by atoms with van der Waals surface area (Å²) in [4.78, 5) is 37.8. The lowest BCUT2D eigenvalue weighted by atomic mass is 10.1. The third-order valence-corrected chi connectivity index (χ3v) is 4.28. The summed E-state index contributed by atoms with van der Waals surface area (Å²) in [6.45, 7) is 1.92. The molecule has 3 amide bonds. The van der Waals surface area contributed by atoms with Crippen LogP contribution >= 0.6 is 0 Å². The van der Waals surface area contributed by atoms with Gasteiger partial charge in [-0.15, -0.1) is 13.2 Å². The molecule has 3 rings (SSSR count). The zero-order valence-electron chi connectivity index (χ0n) is 15.4. The van der Waals surface area contributed by atoms with Gasteiger partial charge in [-0.2, -0.15) is 0 Å². The molecule has 0 fully saturated rings. The van der Waals surface area contributed by atoms with Crippen molar-refractivity contribution in [3.63, 3.8) is 0 Å². The van der Waals surface area contributed by atoms with Gasteiger partial charge in [0.1, 0.15) is 5.75 Å². The SMILES string of the molecule is Cc1ccc2c(c1)C(=O)N(CCCC(=O)Nc1ccc(OC(F)(F)F)cc1)C2=O. The number of nitrogens with one attached hydrogen (secondary N) is 1. The molecule has 9 heteroatoms. The highest BCUT2D eigenvalue weighted by Crippen LogP contribution is 2.25. The first kappa shape index (κ1) is 20.4. The Kier molecular flexibility index (Phi) is 5.58. The number of rotatable bonds is 6. The lowest BCUT2D eigenvalue weighted by molar-refractivity contribution is -0.274. The maximum Gasteiger partial charge on any atom is 0.573 e. The van der Waals surface area contributed by atoms with E-state index in [-0.39, 0.29) is 37.1 Å². The van der Waals surface area contributed by atoms with E-state index in [2.05, 4.69) is 10.1 Å². The average Bonchev–Trinajstić information content (AvgIpc) is 2.86. The van der Waals surface area contributed by atoms with Gasteiger partial charge in [0.25, 0.3) is 11.8 Å². The summed E-state index contributed by atoms with van der Waals surface area (Å²) < 4.78 is 40.2. The molecule has 29 heavy (non-hydrogen) atoms. The summed E-state index contributed by atoms with van der Waals surface area (Å²) in [5, 5.41) is 2.54. The molecule has 0 aliphatic carbocycles. The Hall–Kier alpha value is -3.36. The first-order valence-corrected chi connectivity index (χ1v) is 8.76. The maximum atomic E-state index is 12.4. The average molecular weight is 406 g/mol. The summed E-state index contributed by atoms with van der Waals surface area (Å²) in [5.74, 6) is -1.54. The molecule has 0 spiro atoms. The van der Waals surface area contributed by atoms with Gasteiger partial charge in [0.2, 0.25) is 5.91 Å². The van der Waals surface area contributed by atoms with Crippen molar-refractivity contribution in [2.45, 2.75) is 26.1 Å². The third kappa shape index (κ3) is 4.92. The fourth-order valence-corrected chi connectivity index (χ4v) is 2.97. The molecule has 0 unspecified atom stereocenters. The van der Waals surface area contributed by atoms with Crippen LogP contribution in [-0.4, -0.2) is 35.5 Å². The second kappa shape index (κ2) is 7.94. The fraction of sp³-hybridized carbons (Fsp3) is 0.250. The predicted octanol–water partition coefficient (Wildman–Crippen LogP) is 3.91. The maximum absolute atomic E-state index is 12.4. The summed E-state index contributed by atoms with van der Waals surface area (Å²) in [6.07, 6.45) is -4.49. The Labute approximate surface area is 164 Å². The standard InChI is InChI=1S/C20H17F3N2O4/c1-12-4-9-15-16(11-12)19(28)25(18(15)27)10-2-3-17(26)24-13-5-7-14(8-6-13)29-20(21,22)23/h4-9,11H,2-3,10H2,1H3,(H,24,26). The zero-order chi connectivity index (χ0) is 21.2. The fourth-order valence-electron chi connectivity index (χ4n) is 2.97. The number of carbonyl (C=O) groups excluding carboxylic acids is 3. The van der Waals surface area contributed by atoms with Crippen LogP contribution in [0.5, 0.6) is 5.75 Å². The highest BCUT2D eigenvalue weighted by atomic mass is 19.4. The third-order valence-electron chi connectivity index (χ3n) is 4.28. The quantitative estimate of drug-likeness (QED) is 0.738. The van der Waals surface area contributed by atoms with Crippen molar-refractivity contribution in [2.24, 2.45) is 0 Å². The largest absolute Gasteiger partial charge is 0.573 e. The molecular weight excluding hydrogens is 389 g/mol. The number of hydrogen-bond acceptors (Lipinski definition) is 4. The number of alkyl halides is 3. The Bertz CT molecular complexity index is 955. The molecule has 2 aromatic carbocycles. The number of hydrogen-bond donors (Lipinski definition) is 1. The van der Waals surface area contributed by atoms with Gasteiger partial charge in [-0.25, -0.2) is 0 Å². The molecule has 2 aromatic rings. The summed E-state index contributed by atoms with van der Waals surface area (Å²) >= 11 is 0. The van der Waals surface area contributed by atoms with Crippen molar-refractivity contribution in [3.8, 4) is 5.75 Å². The van der Waals surface area contributed by atoms with Crippen LogP contribution in [0, 0.1) is 6.92 Å². The van der Waals surface area contributed by atoms with Gasteiger partial charge in [-0.05, 0) is 49.7 Å². The lowest BCUT2D eigenvalue weighted by Gasteiger charge is -2.13. The van der Waals surface area contributed by atoms with E-state index in [1.807, 2.05) is 6.92 Å². The first-order chi connectivity index (χ1) is 13.6. The number of aryl methyl sites for hydroxylation is 1. The second-order valence-electron chi connectivity index (χ2n) is 6.53. The minimum absolute atomic E-state index is 0.0350. The molecule has 1 heterocycles. The van der Waals surface area contributed by atoms with E-state index >= 15 is 0 Å². The van der Waals surface area contributed by atoms with Crippen LogP contribution in [0.4, 0.5) is 18.9 Å². The van der Waals surface area contributed by atoms with Crippen molar-refractivity contribution >= 4 is 23.4 Å². The Morgan fingerprint density at radius 1 is 1.03 bits per heavy atom. The molecule has 0 bridgehead atoms. The van der Waals surface area contributed by atoms with E-state index in [9.17, 15) is 27.6 Å². The molecule has 0 radical (unpaired) electrons. The summed E-state index contributed by atoms with van der Waals surface area (Å²) in [6, 6.07) is 9.77. The molecule has 152 valence electrons. The van der Waals surface area contributed by atoms with Crippen LogP contribution < -0.4 is 10.1 Å². The van der Waals surface area contributed by atoms with E-state index < -0.39 is 12.1 Å². The number of amides is 3. The molecule has 1 N–H and O–H groups in total. The van der Waals surface area contributed by atoms with Crippen molar-refractivity contribution < 1.29 is 32.3 Å². The second-order valence-corrected chi connectivity index (χ2v) is 6.53. The van der Waals surface area contributed by atoms with Crippen molar-refractivity contribution in [2.75, 3.05) is 11.9 Å². The molecule has 1 aliphatic heterocycles. The van der Waals surface area contributed by atoms with Crippen LogP contribution in [0.1, 0.15) is 39.1 Å². The number of imide groups is 1. The number of fused-ring (bicyclic) bond motifs is 1. The van der Waals surface area contributed by atoms with Gasteiger partial charge in [-0.3, -0.25) is 19.3 Å². The van der Waals surface area contributed by atoms with Crippen molar-refractivity contribution in [3.05, 3.63) is 59.2 Å². The first-order valence-electron chi connectivity index (χ1n) is 8.76. The normalized spacial score (nSPS) is 13.4. The number of carbonyl (C=O) groups is 3. The van der Waals surface area contributed by atoms with E-state index in [0.29, 0.717) is 16.8 Å².